The summed E-state index contributed by atoms with van der Waals surface area (Å²) in [5, 5.41) is 7.68. The normalized spacial score (nSPS) is 9.70. The first-order chi connectivity index (χ1) is 4.75. The Morgan fingerprint density at radius 2 is 2.30 bits per heavy atom. The van der Waals surface area contributed by atoms with Crippen LogP contribution in [-0.4, -0.2) is 16.7 Å². The molecule has 5 nitrogen and oxygen atoms in total. The molecule has 0 spiro atoms. The van der Waals surface area contributed by atoms with Crippen molar-refractivity contribution in [1.82, 2.24) is 10.2 Å². The maximum Gasteiger partial charge on any atom is 0.289 e. The van der Waals surface area contributed by atoms with E-state index in [9.17, 15) is 4.79 Å². The predicted molar refractivity (Wildman–Crippen MR) is 40.0 cm³/mol. The highest BCUT2D eigenvalue weighted by atomic mass is 16.1. The maximum absolute atomic E-state index is 10.8. The van der Waals surface area contributed by atoms with E-state index < -0.39 is 0 Å². The molecule has 0 fully saturated rings. The molecule has 1 aromatic heterocycles. The number of nitrogens with two attached hydrogens (primary N) is 1. The van der Waals surface area contributed by atoms with E-state index in [2.05, 4.69) is 15.5 Å². The SMILES string of the molecule is CCNc1c(N)[nH][nH]c1=O. The van der Waals surface area contributed by atoms with Crippen LogP contribution in [0.4, 0.5) is 11.5 Å². The molecular weight excluding hydrogens is 132 g/mol. The molecule has 1 aromatic rings. The summed E-state index contributed by atoms with van der Waals surface area (Å²) in [6.45, 7) is 2.58. The number of nitrogen functional groups attached to an aromatic ring is 1. The molecule has 0 bridgehead atoms. The Hall–Kier alpha value is -1.39. The van der Waals surface area contributed by atoms with Gasteiger partial charge in [-0.2, -0.15) is 0 Å². The van der Waals surface area contributed by atoms with Gasteiger partial charge in [-0.25, -0.2) is 0 Å². The van der Waals surface area contributed by atoms with Gasteiger partial charge in [-0.15, -0.1) is 0 Å². The molecule has 0 amide bonds. The molecule has 0 aliphatic rings. The predicted octanol–water partition coefficient (Wildman–Crippen LogP) is -0.283. The number of hydrogen-bond acceptors (Lipinski definition) is 3. The van der Waals surface area contributed by atoms with E-state index in [1.54, 1.807) is 0 Å². The fourth-order valence-corrected chi connectivity index (χ4v) is 0.724. The van der Waals surface area contributed by atoms with Crippen molar-refractivity contribution >= 4 is 11.5 Å². The highest BCUT2D eigenvalue weighted by Gasteiger charge is 2.02. The first kappa shape index (κ1) is 6.73. The van der Waals surface area contributed by atoms with E-state index in [4.69, 9.17) is 5.73 Å². The average Bonchev–Trinajstić information content (AvgIpc) is 2.20. The Kier molecular flexibility index (Phi) is 1.66. The Labute approximate surface area is 57.6 Å². The molecule has 0 atom stereocenters. The first-order valence-corrected chi connectivity index (χ1v) is 3.05. The fraction of sp³-hybridized carbons (Fsp3) is 0.400. The van der Waals surface area contributed by atoms with Gasteiger partial charge in [0.05, 0.1) is 0 Å². The van der Waals surface area contributed by atoms with E-state index in [1.165, 1.54) is 0 Å². The lowest BCUT2D eigenvalue weighted by Crippen LogP contribution is -2.09. The molecule has 1 heterocycles. The maximum atomic E-state index is 10.8. The van der Waals surface area contributed by atoms with Gasteiger partial charge in [0.1, 0.15) is 11.5 Å². The van der Waals surface area contributed by atoms with Crippen LogP contribution in [-0.2, 0) is 0 Å². The Morgan fingerprint density at radius 1 is 1.60 bits per heavy atom. The van der Waals surface area contributed by atoms with Crippen LogP contribution < -0.4 is 16.6 Å². The number of rotatable bonds is 2. The lowest BCUT2D eigenvalue weighted by molar-refractivity contribution is 1.06. The summed E-state index contributed by atoms with van der Waals surface area (Å²) in [7, 11) is 0. The van der Waals surface area contributed by atoms with Gasteiger partial charge in [0.15, 0.2) is 0 Å². The van der Waals surface area contributed by atoms with Crippen molar-refractivity contribution in [2.45, 2.75) is 6.92 Å². The lowest BCUT2D eigenvalue weighted by atomic mass is 10.5. The van der Waals surface area contributed by atoms with Gasteiger partial charge >= 0.3 is 0 Å². The minimum atomic E-state index is -0.209. The Morgan fingerprint density at radius 3 is 2.70 bits per heavy atom. The summed E-state index contributed by atoms with van der Waals surface area (Å²) in [4.78, 5) is 10.8. The molecule has 5 N–H and O–H groups in total. The number of anilines is 2. The van der Waals surface area contributed by atoms with Gasteiger partial charge < -0.3 is 11.1 Å². The number of nitrogens with one attached hydrogen (secondary N) is 3. The minimum Gasteiger partial charge on any atom is -0.382 e. The Balaban J connectivity index is 2.99. The number of aromatic nitrogens is 2. The van der Waals surface area contributed by atoms with Crippen LogP contribution in [0.25, 0.3) is 0 Å². The minimum absolute atomic E-state index is 0.209. The molecule has 10 heavy (non-hydrogen) atoms. The van der Waals surface area contributed by atoms with Gasteiger partial charge in [-0.3, -0.25) is 15.0 Å². The van der Waals surface area contributed by atoms with Gasteiger partial charge in [0.25, 0.3) is 5.56 Å². The highest BCUT2D eigenvalue weighted by Crippen LogP contribution is 2.05. The molecule has 5 heteroatoms. The third kappa shape index (κ3) is 0.975. The van der Waals surface area contributed by atoms with Crippen LogP contribution in [0.1, 0.15) is 6.92 Å². The summed E-state index contributed by atoms with van der Waals surface area (Å²) < 4.78 is 0. The fourth-order valence-electron chi connectivity index (χ4n) is 0.724. The summed E-state index contributed by atoms with van der Waals surface area (Å²) in [5.74, 6) is 0.354. The number of hydrogen-bond donors (Lipinski definition) is 4. The molecule has 1 rings (SSSR count). The van der Waals surface area contributed by atoms with Crippen molar-refractivity contribution in [3.63, 3.8) is 0 Å². The quantitative estimate of drug-likeness (QED) is 0.458. The summed E-state index contributed by atoms with van der Waals surface area (Å²) in [6, 6.07) is 0. The van der Waals surface area contributed by atoms with Crippen LogP contribution >= 0.6 is 0 Å². The molecule has 0 aliphatic heterocycles. The zero-order valence-electron chi connectivity index (χ0n) is 5.69. The van der Waals surface area contributed by atoms with Crippen LogP contribution in [0.2, 0.25) is 0 Å². The molecule has 0 unspecified atom stereocenters. The second kappa shape index (κ2) is 2.47. The van der Waals surface area contributed by atoms with Gasteiger partial charge in [-0.1, -0.05) is 0 Å². The smallest absolute Gasteiger partial charge is 0.289 e. The van der Waals surface area contributed by atoms with E-state index in [0.29, 0.717) is 18.1 Å². The highest BCUT2D eigenvalue weighted by molar-refractivity contribution is 5.59. The van der Waals surface area contributed by atoms with E-state index in [1.807, 2.05) is 6.92 Å². The average molecular weight is 142 g/mol. The third-order valence-electron chi connectivity index (χ3n) is 1.16. The van der Waals surface area contributed by atoms with Crippen molar-refractivity contribution in [2.75, 3.05) is 17.6 Å². The van der Waals surface area contributed by atoms with Crippen LogP contribution in [0.5, 0.6) is 0 Å². The molecule has 0 aromatic carbocycles. The van der Waals surface area contributed by atoms with Crippen molar-refractivity contribution in [3.8, 4) is 0 Å². The molecule has 0 saturated heterocycles. The summed E-state index contributed by atoms with van der Waals surface area (Å²) in [6.07, 6.45) is 0. The molecule has 0 aliphatic carbocycles. The molecule has 0 radical (unpaired) electrons. The van der Waals surface area contributed by atoms with E-state index in [0.717, 1.165) is 0 Å². The van der Waals surface area contributed by atoms with Crippen LogP contribution in [0, 0.1) is 0 Å². The van der Waals surface area contributed by atoms with E-state index >= 15 is 0 Å². The first-order valence-electron chi connectivity index (χ1n) is 3.05. The molecular formula is C5H10N4O. The lowest BCUT2D eigenvalue weighted by Gasteiger charge is -1.95. The zero-order valence-corrected chi connectivity index (χ0v) is 5.69. The van der Waals surface area contributed by atoms with E-state index in [-0.39, 0.29) is 5.56 Å². The summed E-state index contributed by atoms with van der Waals surface area (Å²) >= 11 is 0. The number of H-pyrrole nitrogens is 2. The second-order valence-electron chi connectivity index (χ2n) is 1.90. The van der Waals surface area contributed by atoms with Gasteiger partial charge in [-0.05, 0) is 6.92 Å². The molecule has 0 saturated carbocycles. The Bertz CT molecular complexity index is 261. The second-order valence-corrected chi connectivity index (χ2v) is 1.90. The van der Waals surface area contributed by atoms with Crippen molar-refractivity contribution in [1.29, 1.82) is 0 Å². The van der Waals surface area contributed by atoms with Crippen molar-refractivity contribution in [2.24, 2.45) is 0 Å². The zero-order chi connectivity index (χ0) is 7.56. The largest absolute Gasteiger partial charge is 0.382 e. The van der Waals surface area contributed by atoms with Crippen LogP contribution in [0.3, 0.4) is 0 Å². The molecule has 56 valence electrons. The van der Waals surface area contributed by atoms with Crippen molar-refractivity contribution in [3.05, 3.63) is 10.4 Å². The monoisotopic (exact) mass is 142 g/mol. The topological polar surface area (TPSA) is 86.7 Å². The van der Waals surface area contributed by atoms with Crippen LogP contribution in [0.15, 0.2) is 4.79 Å². The third-order valence-corrected chi connectivity index (χ3v) is 1.16. The summed E-state index contributed by atoms with van der Waals surface area (Å²) in [5.41, 5.74) is 5.59. The van der Waals surface area contributed by atoms with Crippen molar-refractivity contribution < 1.29 is 0 Å². The van der Waals surface area contributed by atoms with Gasteiger partial charge in [0.2, 0.25) is 0 Å². The number of aromatic amines is 2. The standard InChI is InChI=1S/C5H10N4O/c1-2-7-3-4(6)8-9-5(3)10/h7H,2H2,1H3,(H4,6,8,9,10). The van der Waals surface area contributed by atoms with Gasteiger partial charge in [0, 0.05) is 6.54 Å².